The first kappa shape index (κ1) is 20.7. The van der Waals surface area contributed by atoms with Crippen molar-refractivity contribution >= 4 is 5.57 Å². The van der Waals surface area contributed by atoms with Gasteiger partial charge in [-0.25, -0.2) is 0 Å². The largest absolute Gasteiger partial charge is 0.0725 e. The molecule has 1 aliphatic rings. The van der Waals surface area contributed by atoms with Gasteiger partial charge in [0.25, 0.3) is 0 Å². The third-order valence-electron chi connectivity index (χ3n) is 6.86. The minimum atomic E-state index is 0.433. The number of hydrogen-bond donors (Lipinski definition) is 0. The van der Waals surface area contributed by atoms with E-state index in [0.29, 0.717) is 11.8 Å². The Morgan fingerprint density at radius 1 is 0.733 bits per heavy atom. The lowest BCUT2D eigenvalue weighted by molar-refractivity contribution is 0.665. The van der Waals surface area contributed by atoms with Gasteiger partial charge in [0.1, 0.15) is 0 Å². The fourth-order valence-corrected chi connectivity index (χ4v) is 5.20. The van der Waals surface area contributed by atoms with Crippen molar-refractivity contribution in [3.05, 3.63) is 112 Å². The van der Waals surface area contributed by atoms with E-state index >= 15 is 0 Å². The van der Waals surface area contributed by atoms with E-state index in [0.717, 1.165) is 25.7 Å². The summed E-state index contributed by atoms with van der Waals surface area (Å²) < 4.78 is 0. The molecule has 30 heavy (non-hydrogen) atoms. The summed E-state index contributed by atoms with van der Waals surface area (Å²) in [6.45, 7) is 9.08. The average Bonchev–Trinajstić information content (AvgIpc) is 3.24. The van der Waals surface area contributed by atoms with E-state index in [-0.39, 0.29) is 0 Å². The topological polar surface area (TPSA) is 0 Å². The molecule has 4 rings (SSSR count). The second-order valence-corrected chi connectivity index (χ2v) is 8.68. The molecule has 154 valence electrons. The van der Waals surface area contributed by atoms with Crippen molar-refractivity contribution in [2.45, 2.75) is 65.2 Å². The third-order valence-corrected chi connectivity index (χ3v) is 6.86. The van der Waals surface area contributed by atoms with Gasteiger partial charge in [0.2, 0.25) is 0 Å². The van der Waals surface area contributed by atoms with Gasteiger partial charge in [-0.05, 0) is 77.5 Å². The molecule has 0 heterocycles. The molecule has 2 unspecified atom stereocenters. The zero-order valence-electron chi connectivity index (χ0n) is 18.9. The Kier molecular flexibility index (Phi) is 6.23. The van der Waals surface area contributed by atoms with Crippen LogP contribution in [0.2, 0.25) is 0 Å². The zero-order valence-corrected chi connectivity index (χ0v) is 18.9. The van der Waals surface area contributed by atoms with Crippen LogP contribution in [0.4, 0.5) is 0 Å². The molecule has 0 aromatic heterocycles. The van der Waals surface area contributed by atoms with E-state index in [1.807, 2.05) is 0 Å². The lowest BCUT2D eigenvalue weighted by Gasteiger charge is -2.24. The molecular weight excluding hydrogens is 360 g/mol. The standard InChI is InChI=1S/C30H34/c1-5-22-17-27(18-23(6-2)28(22)7-3)30-20-26(24-11-9-8-10-12-24)19-29(30)25-15-13-21(4)14-16-25/h8-19,29-30H,5-7,20H2,1-4H3. The minimum absolute atomic E-state index is 0.433. The van der Waals surface area contributed by atoms with E-state index in [1.165, 1.54) is 27.8 Å². The number of aryl methyl sites for hydroxylation is 3. The summed E-state index contributed by atoms with van der Waals surface area (Å²) in [4.78, 5) is 0. The van der Waals surface area contributed by atoms with Crippen LogP contribution in [0, 0.1) is 6.92 Å². The molecule has 0 nitrogen and oxygen atoms in total. The van der Waals surface area contributed by atoms with Crippen molar-refractivity contribution in [2.75, 3.05) is 0 Å². The summed E-state index contributed by atoms with van der Waals surface area (Å²) in [7, 11) is 0. The minimum Gasteiger partial charge on any atom is -0.0725 e. The normalized spacial score (nSPS) is 18.5. The molecule has 0 bridgehead atoms. The molecule has 0 fully saturated rings. The van der Waals surface area contributed by atoms with E-state index in [1.54, 1.807) is 16.7 Å². The van der Waals surface area contributed by atoms with Crippen molar-refractivity contribution < 1.29 is 0 Å². The molecule has 0 saturated carbocycles. The van der Waals surface area contributed by atoms with E-state index < -0.39 is 0 Å². The Bertz CT molecular complexity index is 996. The van der Waals surface area contributed by atoms with Crippen LogP contribution in [-0.4, -0.2) is 0 Å². The molecule has 2 atom stereocenters. The van der Waals surface area contributed by atoms with Crippen molar-refractivity contribution in [2.24, 2.45) is 0 Å². The highest BCUT2D eigenvalue weighted by molar-refractivity contribution is 5.71. The summed E-state index contributed by atoms with van der Waals surface area (Å²) in [6.07, 6.45) is 7.01. The zero-order chi connectivity index (χ0) is 21.1. The highest BCUT2D eigenvalue weighted by Gasteiger charge is 2.31. The van der Waals surface area contributed by atoms with Crippen LogP contribution in [0.3, 0.4) is 0 Å². The first-order valence-electron chi connectivity index (χ1n) is 11.6. The fraction of sp³-hybridized carbons (Fsp3) is 0.333. The Balaban J connectivity index is 1.80. The van der Waals surface area contributed by atoms with E-state index in [9.17, 15) is 0 Å². The Hall–Kier alpha value is -2.60. The Labute approximate surface area is 182 Å². The number of benzene rings is 3. The summed E-state index contributed by atoms with van der Waals surface area (Å²) in [5, 5.41) is 0. The van der Waals surface area contributed by atoms with Gasteiger partial charge < -0.3 is 0 Å². The van der Waals surface area contributed by atoms with E-state index in [2.05, 4.69) is 101 Å². The highest BCUT2D eigenvalue weighted by Crippen LogP contribution is 2.48. The van der Waals surface area contributed by atoms with Crippen LogP contribution in [0.15, 0.2) is 72.8 Å². The molecule has 0 saturated heterocycles. The second-order valence-electron chi connectivity index (χ2n) is 8.68. The molecule has 0 N–H and O–H groups in total. The molecule has 0 amide bonds. The van der Waals surface area contributed by atoms with Gasteiger partial charge in [0, 0.05) is 5.92 Å². The monoisotopic (exact) mass is 394 g/mol. The van der Waals surface area contributed by atoms with Gasteiger partial charge in [0.15, 0.2) is 0 Å². The number of hydrogen-bond acceptors (Lipinski definition) is 0. The predicted octanol–water partition coefficient (Wildman–Crippen LogP) is 8.04. The van der Waals surface area contributed by atoms with Crippen LogP contribution in [0.1, 0.15) is 78.0 Å². The van der Waals surface area contributed by atoms with Crippen LogP contribution in [0.5, 0.6) is 0 Å². The Morgan fingerprint density at radius 3 is 1.93 bits per heavy atom. The number of allylic oxidation sites excluding steroid dienone is 2. The SMILES string of the molecule is CCc1cc(C2CC(c3ccccc3)=CC2c2ccc(C)cc2)cc(CC)c1CC. The maximum Gasteiger partial charge on any atom is 0.00959 e. The van der Waals surface area contributed by atoms with Gasteiger partial charge in [0.05, 0.1) is 0 Å². The fourth-order valence-electron chi connectivity index (χ4n) is 5.20. The number of rotatable bonds is 6. The molecule has 3 aromatic rings. The smallest absolute Gasteiger partial charge is 0.00959 e. The first-order valence-corrected chi connectivity index (χ1v) is 11.6. The molecule has 3 aromatic carbocycles. The molecule has 0 heteroatoms. The molecule has 0 radical (unpaired) electrons. The van der Waals surface area contributed by atoms with Crippen molar-refractivity contribution in [1.82, 2.24) is 0 Å². The lowest BCUT2D eigenvalue weighted by Crippen LogP contribution is -2.08. The van der Waals surface area contributed by atoms with Gasteiger partial charge >= 0.3 is 0 Å². The van der Waals surface area contributed by atoms with Crippen LogP contribution < -0.4 is 0 Å². The average molecular weight is 395 g/mol. The van der Waals surface area contributed by atoms with Crippen molar-refractivity contribution in [1.29, 1.82) is 0 Å². The summed E-state index contributed by atoms with van der Waals surface area (Å²) >= 11 is 0. The van der Waals surface area contributed by atoms with Crippen LogP contribution >= 0.6 is 0 Å². The second kappa shape index (κ2) is 9.04. The van der Waals surface area contributed by atoms with Crippen molar-refractivity contribution in [3.8, 4) is 0 Å². The van der Waals surface area contributed by atoms with Crippen LogP contribution in [-0.2, 0) is 19.3 Å². The molecule has 1 aliphatic carbocycles. The molecule has 0 spiro atoms. The van der Waals surface area contributed by atoms with Crippen molar-refractivity contribution in [3.63, 3.8) is 0 Å². The predicted molar refractivity (Wildman–Crippen MR) is 130 cm³/mol. The molecular formula is C30H34. The van der Waals surface area contributed by atoms with Gasteiger partial charge in [-0.3, -0.25) is 0 Å². The molecule has 0 aliphatic heterocycles. The highest BCUT2D eigenvalue weighted by atomic mass is 14.3. The summed E-state index contributed by atoms with van der Waals surface area (Å²) in [5.41, 5.74) is 11.8. The summed E-state index contributed by atoms with van der Waals surface area (Å²) in [6, 6.07) is 25.2. The van der Waals surface area contributed by atoms with Gasteiger partial charge in [-0.15, -0.1) is 0 Å². The lowest BCUT2D eigenvalue weighted by atomic mass is 9.80. The maximum absolute atomic E-state index is 2.54. The van der Waals surface area contributed by atoms with E-state index in [4.69, 9.17) is 0 Å². The van der Waals surface area contributed by atoms with Crippen LogP contribution in [0.25, 0.3) is 5.57 Å². The third kappa shape index (κ3) is 4.01. The maximum atomic E-state index is 2.54. The van der Waals surface area contributed by atoms with Gasteiger partial charge in [-0.2, -0.15) is 0 Å². The van der Waals surface area contributed by atoms with Gasteiger partial charge in [-0.1, -0.05) is 99.1 Å². The quantitative estimate of drug-likeness (QED) is 0.397. The summed E-state index contributed by atoms with van der Waals surface area (Å²) in [5.74, 6) is 0.937. The Morgan fingerprint density at radius 2 is 1.37 bits per heavy atom. The first-order chi connectivity index (χ1) is 14.6.